The molecule has 0 saturated carbocycles. The van der Waals surface area contributed by atoms with Crippen LogP contribution in [0.2, 0.25) is 0 Å². The predicted molar refractivity (Wildman–Crippen MR) is 83.3 cm³/mol. The first kappa shape index (κ1) is 13.8. The monoisotopic (exact) mass is 300 g/mol. The van der Waals surface area contributed by atoms with Crippen molar-refractivity contribution in [3.05, 3.63) is 51.7 Å². The summed E-state index contributed by atoms with van der Waals surface area (Å²) in [7, 11) is 0. The Labute approximate surface area is 127 Å². The molecule has 1 aromatic carbocycles. The maximum Gasteiger partial charge on any atom is 0.228 e. The number of carbonyl (C=O) groups is 2. The highest BCUT2D eigenvalue weighted by Gasteiger charge is 2.17. The lowest BCUT2D eigenvalue weighted by Gasteiger charge is -2.06. The minimum atomic E-state index is 0.0298. The van der Waals surface area contributed by atoms with Crippen LogP contribution in [-0.4, -0.2) is 11.8 Å². The molecule has 2 amide bonds. The van der Waals surface area contributed by atoms with Crippen molar-refractivity contribution < 1.29 is 9.59 Å². The fourth-order valence-electron chi connectivity index (χ4n) is 2.37. The summed E-state index contributed by atoms with van der Waals surface area (Å²) in [4.78, 5) is 24.3. The Kier molecular flexibility index (Phi) is 4.01. The summed E-state index contributed by atoms with van der Waals surface area (Å²) in [6, 6.07) is 9.85. The van der Waals surface area contributed by atoms with Gasteiger partial charge in [-0.1, -0.05) is 18.2 Å². The Balaban J connectivity index is 1.50. The van der Waals surface area contributed by atoms with Crippen molar-refractivity contribution in [1.29, 1.82) is 0 Å². The number of thiophene rings is 1. The van der Waals surface area contributed by atoms with Crippen molar-refractivity contribution in [2.24, 2.45) is 0 Å². The lowest BCUT2D eigenvalue weighted by Crippen LogP contribution is -2.22. The molecule has 0 unspecified atom stereocenters. The highest BCUT2D eigenvalue weighted by Crippen LogP contribution is 2.23. The Morgan fingerprint density at radius 2 is 2.24 bits per heavy atom. The first-order chi connectivity index (χ1) is 10.2. The van der Waals surface area contributed by atoms with E-state index >= 15 is 0 Å². The molecule has 0 aliphatic carbocycles. The molecule has 1 aromatic heterocycles. The molecule has 21 heavy (non-hydrogen) atoms. The summed E-state index contributed by atoms with van der Waals surface area (Å²) < 4.78 is 0. The molecule has 0 fully saturated rings. The molecule has 1 aliphatic rings. The Morgan fingerprint density at radius 3 is 3.05 bits per heavy atom. The molecule has 4 nitrogen and oxygen atoms in total. The number of aryl methyl sites for hydroxylation is 1. The molecule has 5 heteroatoms. The molecule has 3 rings (SSSR count). The quantitative estimate of drug-likeness (QED) is 0.891. The van der Waals surface area contributed by atoms with Gasteiger partial charge in [0.2, 0.25) is 11.8 Å². The fraction of sp³-hybridized carbons (Fsp3) is 0.250. The Hall–Kier alpha value is -2.14. The van der Waals surface area contributed by atoms with E-state index in [9.17, 15) is 9.59 Å². The number of amides is 2. The van der Waals surface area contributed by atoms with E-state index in [0.29, 0.717) is 19.4 Å². The molecule has 0 radical (unpaired) electrons. The van der Waals surface area contributed by atoms with Crippen LogP contribution in [0.25, 0.3) is 0 Å². The number of hydrogen-bond donors (Lipinski definition) is 2. The van der Waals surface area contributed by atoms with Crippen molar-refractivity contribution in [3.63, 3.8) is 0 Å². The number of anilines is 1. The van der Waals surface area contributed by atoms with E-state index in [0.717, 1.165) is 23.2 Å². The highest BCUT2D eigenvalue weighted by molar-refractivity contribution is 7.09. The Bertz CT molecular complexity index is 665. The van der Waals surface area contributed by atoms with E-state index in [4.69, 9.17) is 0 Å². The average Bonchev–Trinajstić information content (AvgIpc) is 3.10. The van der Waals surface area contributed by atoms with Gasteiger partial charge in [-0.2, -0.15) is 0 Å². The standard InChI is InChI=1S/C16H16N2O2S/c19-15(6-4-13-2-1-7-21-13)17-10-11-3-5-14-12(8-11)9-16(20)18-14/h1-3,5,7-8H,4,6,9-10H2,(H,17,19)(H,18,20). The van der Waals surface area contributed by atoms with E-state index in [2.05, 4.69) is 10.6 Å². The number of fused-ring (bicyclic) bond motifs is 1. The summed E-state index contributed by atoms with van der Waals surface area (Å²) in [5.41, 5.74) is 2.91. The number of benzene rings is 1. The predicted octanol–water partition coefficient (Wildman–Crippen LogP) is 2.49. The van der Waals surface area contributed by atoms with Gasteiger partial charge in [-0.05, 0) is 35.1 Å². The van der Waals surface area contributed by atoms with Gasteiger partial charge in [0.25, 0.3) is 0 Å². The second-order valence-electron chi connectivity index (χ2n) is 5.07. The first-order valence-corrected chi connectivity index (χ1v) is 7.79. The van der Waals surface area contributed by atoms with Gasteiger partial charge in [0.15, 0.2) is 0 Å². The van der Waals surface area contributed by atoms with Crippen LogP contribution < -0.4 is 10.6 Å². The second-order valence-corrected chi connectivity index (χ2v) is 6.10. The Morgan fingerprint density at radius 1 is 1.33 bits per heavy atom. The molecular weight excluding hydrogens is 284 g/mol. The van der Waals surface area contributed by atoms with Gasteiger partial charge in [-0.25, -0.2) is 0 Å². The third kappa shape index (κ3) is 3.49. The SMILES string of the molecule is O=C(CCc1cccs1)NCc1ccc2c(c1)CC(=O)N2. The van der Waals surface area contributed by atoms with E-state index in [1.165, 1.54) is 4.88 Å². The molecule has 0 bridgehead atoms. The lowest BCUT2D eigenvalue weighted by molar-refractivity contribution is -0.121. The molecule has 2 aromatic rings. The largest absolute Gasteiger partial charge is 0.352 e. The summed E-state index contributed by atoms with van der Waals surface area (Å²) in [6.45, 7) is 0.505. The van der Waals surface area contributed by atoms with Crippen LogP contribution in [0.3, 0.4) is 0 Å². The molecule has 0 atom stereocenters. The van der Waals surface area contributed by atoms with Gasteiger partial charge in [0.1, 0.15) is 0 Å². The molecule has 108 valence electrons. The zero-order valence-electron chi connectivity index (χ0n) is 11.5. The van der Waals surface area contributed by atoms with Gasteiger partial charge >= 0.3 is 0 Å². The topological polar surface area (TPSA) is 58.2 Å². The van der Waals surface area contributed by atoms with Gasteiger partial charge in [0.05, 0.1) is 6.42 Å². The van der Waals surface area contributed by atoms with E-state index < -0.39 is 0 Å². The van der Waals surface area contributed by atoms with Gasteiger partial charge in [-0.3, -0.25) is 9.59 Å². The normalized spacial score (nSPS) is 12.9. The van der Waals surface area contributed by atoms with Crippen LogP contribution in [0, 0.1) is 0 Å². The third-order valence-corrected chi connectivity index (χ3v) is 4.40. The van der Waals surface area contributed by atoms with Crippen LogP contribution in [0.5, 0.6) is 0 Å². The number of carbonyl (C=O) groups excluding carboxylic acids is 2. The molecule has 2 heterocycles. The number of hydrogen-bond acceptors (Lipinski definition) is 3. The number of rotatable bonds is 5. The van der Waals surface area contributed by atoms with Crippen molar-refractivity contribution >= 4 is 28.8 Å². The van der Waals surface area contributed by atoms with E-state index in [-0.39, 0.29) is 11.8 Å². The average molecular weight is 300 g/mol. The van der Waals surface area contributed by atoms with Crippen molar-refractivity contribution in [2.75, 3.05) is 5.32 Å². The van der Waals surface area contributed by atoms with Crippen LogP contribution in [-0.2, 0) is 29.0 Å². The van der Waals surface area contributed by atoms with Crippen LogP contribution in [0.1, 0.15) is 22.4 Å². The summed E-state index contributed by atoms with van der Waals surface area (Å²) in [5.74, 6) is 0.0835. The third-order valence-electron chi connectivity index (χ3n) is 3.46. The summed E-state index contributed by atoms with van der Waals surface area (Å²) in [5, 5.41) is 7.75. The fourth-order valence-corrected chi connectivity index (χ4v) is 3.08. The van der Waals surface area contributed by atoms with Gasteiger partial charge in [-0.15, -0.1) is 11.3 Å². The zero-order valence-corrected chi connectivity index (χ0v) is 12.3. The molecular formula is C16H16N2O2S. The van der Waals surface area contributed by atoms with Crippen LogP contribution in [0.4, 0.5) is 5.69 Å². The first-order valence-electron chi connectivity index (χ1n) is 6.91. The lowest BCUT2D eigenvalue weighted by atomic mass is 10.1. The van der Waals surface area contributed by atoms with Gasteiger partial charge in [0, 0.05) is 23.5 Å². The van der Waals surface area contributed by atoms with E-state index in [1.807, 2.05) is 35.7 Å². The zero-order chi connectivity index (χ0) is 14.7. The maximum absolute atomic E-state index is 11.8. The number of nitrogens with one attached hydrogen (secondary N) is 2. The smallest absolute Gasteiger partial charge is 0.228 e. The van der Waals surface area contributed by atoms with Crippen molar-refractivity contribution in [2.45, 2.75) is 25.8 Å². The summed E-state index contributed by atoms with van der Waals surface area (Å²) >= 11 is 1.67. The minimum absolute atomic E-state index is 0.0298. The van der Waals surface area contributed by atoms with Crippen LogP contribution >= 0.6 is 11.3 Å². The molecule has 0 saturated heterocycles. The van der Waals surface area contributed by atoms with Gasteiger partial charge < -0.3 is 10.6 Å². The minimum Gasteiger partial charge on any atom is -0.352 e. The molecule has 1 aliphatic heterocycles. The second kappa shape index (κ2) is 6.10. The highest BCUT2D eigenvalue weighted by atomic mass is 32.1. The maximum atomic E-state index is 11.8. The molecule has 2 N–H and O–H groups in total. The van der Waals surface area contributed by atoms with E-state index in [1.54, 1.807) is 11.3 Å². The summed E-state index contributed by atoms with van der Waals surface area (Å²) in [6.07, 6.45) is 1.72. The van der Waals surface area contributed by atoms with Crippen LogP contribution in [0.15, 0.2) is 35.7 Å². The van der Waals surface area contributed by atoms with Crippen molar-refractivity contribution in [3.8, 4) is 0 Å². The molecule has 0 spiro atoms. The van der Waals surface area contributed by atoms with Crippen molar-refractivity contribution in [1.82, 2.24) is 5.32 Å².